The van der Waals surface area contributed by atoms with Gasteiger partial charge in [-0.2, -0.15) is 0 Å². The van der Waals surface area contributed by atoms with E-state index < -0.39 is 6.10 Å². The zero-order valence-corrected chi connectivity index (χ0v) is 14.1. The maximum absolute atomic E-state index is 10.4. The normalized spacial score (nSPS) is 13.8. The van der Waals surface area contributed by atoms with Gasteiger partial charge in [-0.1, -0.05) is 72.8 Å². The highest BCUT2D eigenvalue weighted by atomic mass is 16.5. The van der Waals surface area contributed by atoms with E-state index in [4.69, 9.17) is 4.74 Å². The van der Waals surface area contributed by atoms with Crippen molar-refractivity contribution in [2.45, 2.75) is 38.6 Å². The van der Waals surface area contributed by atoms with E-state index >= 15 is 0 Å². The Kier molecular flexibility index (Phi) is 5.63. The molecule has 3 aromatic rings. The van der Waals surface area contributed by atoms with Crippen LogP contribution in [0.2, 0.25) is 0 Å². The van der Waals surface area contributed by atoms with Crippen LogP contribution in [0.5, 0.6) is 0 Å². The van der Waals surface area contributed by atoms with Crippen molar-refractivity contribution < 1.29 is 9.84 Å². The molecule has 0 aliphatic carbocycles. The molecule has 0 aromatic heterocycles. The summed E-state index contributed by atoms with van der Waals surface area (Å²) < 4.78 is 5.82. The zero-order valence-electron chi connectivity index (χ0n) is 14.1. The minimum absolute atomic E-state index is 0.180. The molecule has 0 bridgehead atoms. The third kappa shape index (κ3) is 4.22. The molecule has 1 N–H and O–H groups in total. The van der Waals surface area contributed by atoms with Crippen molar-refractivity contribution in [1.82, 2.24) is 0 Å². The maximum Gasteiger partial charge on any atom is 0.0810 e. The van der Waals surface area contributed by atoms with Crippen molar-refractivity contribution in [3.05, 3.63) is 83.9 Å². The molecular weight excluding hydrogens is 296 g/mol. The van der Waals surface area contributed by atoms with Crippen LogP contribution in [0.1, 0.15) is 24.5 Å². The van der Waals surface area contributed by atoms with Gasteiger partial charge in [0.1, 0.15) is 0 Å². The first-order chi connectivity index (χ1) is 11.7. The number of hydrogen-bond acceptors (Lipinski definition) is 2. The average Bonchev–Trinajstić information content (AvgIpc) is 2.65. The predicted octanol–water partition coefficient (Wildman–Crippen LogP) is 4.74. The predicted molar refractivity (Wildman–Crippen MR) is 99.0 cm³/mol. The van der Waals surface area contributed by atoms with Gasteiger partial charge in [-0.3, -0.25) is 0 Å². The molecule has 1 unspecified atom stereocenters. The van der Waals surface area contributed by atoms with E-state index in [9.17, 15) is 5.11 Å². The summed E-state index contributed by atoms with van der Waals surface area (Å²) in [6, 6.07) is 24.8. The molecular formula is C22H24O2. The summed E-state index contributed by atoms with van der Waals surface area (Å²) in [5.74, 6) is 0. The van der Waals surface area contributed by atoms with E-state index in [1.54, 1.807) is 0 Å². The van der Waals surface area contributed by atoms with Crippen LogP contribution in [0.25, 0.3) is 10.8 Å². The van der Waals surface area contributed by atoms with Crippen molar-refractivity contribution in [2.75, 3.05) is 0 Å². The minimum Gasteiger partial charge on any atom is -0.390 e. The summed E-state index contributed by atoms with van der Waals surface area (Å²) in [5.41, 5.74) is 2.41. The molecule has 3 aromatic carbocycles. The fourth-order valence-electron chi connectivity index (χ4n) is 2.96. The summed E-state index contributed by atoms with van der Waals surface area (Å²) in [4.78, 5) is 0. The lowest BCUT2D eigenvalue weighted by atomic mass is 9.98. The van der Waals surface area contributed by atoms with Crippen molar-refractivity contribution in [1.29, 1.82) is 0 Å². The van der Waals surface area contributed by atoms with Crippen molar-refractivity contribution in [3.63, 3.8) is 0 Å². The summed E-state index contributed by atoms with van der Waals surface area (Å²) in [5, 5.41) is 12.9. The van der Waals surface area contributed by atoms with E-state index in [1.807, 2.05) is 37.3 Å². The molecule has 24 heavy (non-hydrogen) atoms. The lowest BCUT2D eigenvalue weighted by Crippen LogP contribution is -2.26. The third-order valence-corrected chi connectivity index (χ3v) is 4.49. The highest BCUT2D eigenvalue weighted by Gasteiger charge is 2.15. The number of aliphatic hydroxyl groups excluding tert-OH is 1. The molecule has 2 nitrogen and oxygen atoms in total. The highest BCUT2D eigenvalue weighted by molar-refractivity contribution is 5.85. The van der Waals surface area contributed by atoms with Gasteiger partial charge in [0, 0.05) is 0 Å². The van der Waals surface area contributed by atoms with Crippen molar-refractivity contribution in [3.8, 4) is 0 Å². The number of rotatable bonds is 7. The monoisotopic (exact) mass is 320 g/mol. The smallest absolute Gasteiger partial charge is 0.0810 e. The number of fused-ring (bicyclic) bond motifs is 1. The molecule has 0 saturated carbocycles. The molecule has 2 heteroatoms. The zero-order chi connectivity index (χ0) is 16.8. The molecule has 0 radical (unpaired) electrons. The van der Waals surface area contributed by atoms with Gasteiger partial charge in [0.2, 0.25) is 0 Å². The van der Waals surface area contributed by atoms with Crippen LogP contribution in [0.4, 0.5) is 0 Å². The fraction of sp³-hybridized carbons (Fsp3) is 0.273. The van der Waals surface area contributed by atoms with Crippen LogP contribution in [0.3, 0.4) is 0 Å². The summed E-state index contributed by atoms with van der Waals surface area (Å²) in [6.07, 6.45) is 0.902. The number of aryl methyl sites for hydroxylation is 1. The van der Waals surface area contributed by atoms with Crippen LogP contribution >= 0.6 is 0 Å². The molecule has 0 amide bonds. The first-order valence-corrected chi connectivity index (χ1v) is 8.54. The van der Waals surface area contributed by atoms with E-state index in [2.05, 4.69) is 42.5 Å². The Morgan fingerprint density at radius 3 is 2.42 bits per heavy atom. The minimum atomic E-state index is -0.465. The molecule has 124 valence electrons. The number of aliphatic hydroxyl groups is 1. The molecule has 0 fully saturated rings. The molecule has 0 heterocycles. The average molecular weight is 320 g/mol. The third-order valence-electron chi connectivity index (χ3n) is 4.49. The number of benzene rings is 3. The summed E-state index contributed by atoms with van der Waals surface area (Å²) in [6.45, 7) is 2.48. The van der Waals surface area contributed by atoms with Gasteiger partial charge in [-0.25, -0.2) is 0 Å². The van der Waals surface area contributed by atoms with Crippen molar-refractivity contribution in [2.24, 2.45) is 0 Å². The van der Waals surface area contributed by atoms with Gasteiger partial charge in [-0.05, 0) is 41.7 Å². The van der Waals surface area contributed by atoms with Crippen molar-refractivity contribution >= 4 is 10.8 Å². The Hall–Kier alpha value is -2.16. The Bertz CT molecular complexity index is 762. The van der Waals surface area contributed by atoms with Gasteiger partial charge in [-0.15, -0.1) is 0 Å². The van der Waals surface area contributed by atoms with E-state index in [-0.39, 0.29) is 6.10 Å². The molecule has 0 saturated heterocycles. The number of ether oxygens (including phenoxy) is 1. The van der Waals surface area contributed by atoms with E-state index in [1.165, 1.54) is 16.3 Å². The van der Waals surface area contributed by atoms with Gasteiger partial charge >= 0.3 is 0 Å². The van der Waals surface area contributed by atoms with Gasteiger partial charge < -0.3 is 9.84 Å². The quantitative estimate of drug-likeness (QED) is 0.681. The Morgan fingerprint density at radius 1 is 0.875 bits per heavy atom. The second-order valence-electron chi connectivity index (χ2n) is 6.25. The summed E-state index contributed by atoms with van der Waals surface area (Å²) >= 11 is 0. The van der Waals surface area contributed by atoms with Crippen LogP contribution in [-0.4, -0.2) is 17.3 Å². The van der Waals surface area contributed by atoms with Gasteiger partial charge in [0.15, 0.2) is 0 Å². The molecule has 0 spiro atoms. The first kappa shape index (κ1) is 16.7. The standard InChI is InChI=1S/C22H24O2/c1-17(24-16-18-8-3-2-4-9-18)22(23)15-14-20-12-7-11-19-10-5-6-13-21(19)20/h2-13,17,22-23H,14-16H2,1H3/t17-,22?/m0/s1. The molecule has 3 rings (SSSR count). The first-order valence-electron chi connectivity index (χ1n) is 8.54. The SMILES string of the molecule is C[C@H](OCc1ccccc1)C(O)CCc1cccc2ccccc12. The lowest BCUT2D eigenvalue weighted by molar-refractivity contribution is -0.0377. The summed E-state index contributed by atoms with van der Waals surface area (Å²) in [7, 11) is 0. The lowest BCUT2D eigenvalue weighted by Gasteiger charge is -2.20. The molecule has 0 aliphatic heterocycles. The highest BCUT2D eigenvalue weighted by Crippen LogP contribution is 2.21. The molecule has 0 aliphatic rings. The van der Waals surface area contributed by atoms with Crippen LogP contribution in [0.15, 0.2) is 72.8 Å². The largest absolute Gasteiger partial charge is 0.390 e. The maximum atomic E-state index is 10.4. The van der Waals surface area contributed by atoms with Gasteiger partial charge in [0.25, 0.3) is 0 Å². The van der Waals surface area contributed by atoms with E-state index in [0.29, 0.717) is 13.0 Å². The number of hydrogen-bond donors (Lipinski definition) is 1. The Morgan fingerprint density at radius 2 is 1.58 bits per heavy atom. The van der Waals surface area contributed by atoms with Gasteiger partial charge in [0.05, 0.1) is 18.8 Å². The Balaban J connectivity index is 1.55. The van der Waals surface area contributed by atoms with E-state index in [0.717, 1.165) is 12.0 Å². The molecule has 2 atom stereocenters. The Labute approximate surface area is 143 Å². The second kappa shape index (κ2) is 8.09. The topological polar surface area (TPSA) is 29.5 Å². The second-order valence-corrected chi connectivity index (χ2v) is 6.25. The fourth-order valence-corrected chi connectivity index (χ4v) is 2.96. The van der Waals surface area contributed by atoms with Crippen LogP contribution < -0.4 is 0 Å². The van der Waals surface area contributed by atoms with Crippen LogP contribution in [-0.2, 0) is 17.8 Å². The van der Waals surface area contributed by atoms with Crippen LogP contribution in [0, 0.1) is 0 Å².